The van der Waals surface area contributed by atoms with Gasteiger partial charge in [0.15, 0.2) is 0 Å². The summed E-state index contributed by atoms with van der Waals surface area (Å²) < 4.78 is 26.3. The average Bonchev–Trinajstić information content (AvgIpc) is 3.20. The van der Waals surface area contributed by atoms with Gasteiger partial charge in [0.25, 0.3) is 0 Å². The Kier molecular flexibility index (Phi) is 6.10. The maximum Gasteiger partial charge on any atom is 0.211 e. The van der Waals surface area contributed by atoms with Gasteiger partial charge < -0.3 is 5.32 Å². The molecule has 2 saturated carbocycles. The lowest BCUT2D eigenvalue weighted by atomic mass is 9.87. The van der Waals surface area contributed by atoms with Gasteiger partial charge >= 0.3 is 0 Å². The SMILES string of the molecule is O=S(=O)(CCCNC1CC1)NCCC1CCCCC1. The fraction of sp³-hybridized carbons (Fsp3) is 1.00. The van der Waals surface area contributed by atoms with Crippen LogP contribution in [0.1, 0.15) is 57.8 Å². The maximum absolute atomic E-state index is 11.8. The van der Waals surface area contributed by atoms with Crippen LogP contribution < -0.4 is 10.0 Å². The molecule has 0 aromatic heterocycles. The zero-order valence-electron chi connectivity index (χ0n) is 11.9. The predicted molar refractivity (Wildman–Crippen MR) is 78.6 cm³/mol. The highest BCUT2D eigenvalue weighted by atomic mass is 32.2. The van der Waals surface area contributed by atoms with Gasteiger partial charge in [-0.15, -0.1) is 0 Å². The highest BCUT2D eigenvalue weighted by molar-refractivity contribution is 7.89. The first-order valence-electron chi connectivity index (χ1n) is 7.86. The Morgan fingerprint density at radius 1 is 0.947 bits per heavy atom. The quantitative estimate of drug-likeness (QED) is 0.638. The van der Waals surface area contributed by atoms with Crippen LogP contribution in [0.3, 0.4) is 0 Å². The predicted octanol–water partition coefficient (Wildman–Crippen LogP) is 2.02. The van der Waals surface area contributed by atoms with Crippen LogP contribution in [0.5, 0.6) is 0 Å². The Hall–Kier alpha value is -0.130. The third kappa shape index (κ3) is 6.72. The summed E-state index contributed by atoms with van der Waals surface area (Å²) in [4.78, 5) is 0. The topological polar surface area (TPSA) is 58.2 Å². The molecule has 0 saturated heterocycles. The van der Waals surface area contributed by atoms with Gasteiger partial charge in [0, 0.05) is 12.6 Å². The van der Waals surface area contributed by atoms with Crippen molar-refractivity contribution in [2.45, 2.75) is 63.8 Å². The second-order valence-corrected chi connectivity index (χ2v) is 8.01. The van der Waals surface area contributed by atoms with Gasteiger partial charge in [-0.3, -0.25) is 0 Å². The van der Waals surface area contributed by atoms with Gasteiger partial charge in [-0.1, -0.05) is 32.1 Å². The average molecular weight is 288 g/mol. The van der Waals surface area contributed by atoms with Crippen LogP contribution >= 0.6 is 0 Å². The number of hydrogen-bond acceptors (Lipinski definition) is 3. The van der Waals surface area contributed by atoms with Gasteiger partial charge in [-0.05, 0) is 38.1 Å². The molecule has 5 heteroatoms. The molecule has 2 aliphatic carbocycles. The van der Waals surface area contributed by atoms with Crippen molar-refractivity contribution in [3.63, 3.8) is 0 Å². The van der Waals surface area contributed by atoms with Crippen LogP contribution in [-0.2, 0) is 10.0 Å². The smallest absolute Gasteiger partial charge is 0.211 e. The lowest BCUT2D eigenvalue weighted by Gasteiger charge is -2.21. The molecule has 2 N–H and O–H groups in total. The largest absolute Gasteiger partial charge is 0.314 e. The molecule has 0 heterocycles. The molecule has 0 spiro atoms. The van der Waals surface area contributed by atoms with E-state index in [4.69, 9.17) is 0 Å². The third-order valence-corrected chi connectivity index (χ3v) is 5.67. The number of hydrogen-bond donors (Lipinski definition) is 2. The summed E-state index contributed by atoms with van der Waals surface area (Å²) in [5.41, 5.74) is 0. The minimum Gasteiger partial charge on any atom is -0.314 e. The Morgan fingerprint density at radius 2 is 1.68 bits per heavy atom. The number of sulfonamides is 1. The molecule has 0 unspecified atom stereocenters. The van der Waals surface area contributed by atoms with Crippen LogP contribution in [0.2, 0.25) is 0 Å². The molecule has 0 bridgehead atoms. The van der Waals surface area contributed by atoms with E-state index in [0.717, 1.165) is 25.3 Å². The molecule has 112 valence electrons. The maximum atomic E-state index is 11.8. The van der Waals surface area contributed by atoms with E-state index < -0.39 is 10.0 Å². The standard InChI is InChI=1S/C14H28N2O2S/c17-19(18,12-4-10-15-14-7-8-14)16-11-9-13-5-2-1-3-6-13/h13-16H,1-12H2. The second-order valence-electron chi connectivity index (χ2n) is 6.09. The van der Waals surface area contributed by atoms with E-state index in [1.807, 2.05) is 0 Å². The van der Waals surface area contributed by atoms with Gasteiger partial charge in [0.2, 0.25) is 10.0 Å². The number of rotatable bonds is 9. The Labute approximate surface area is 117 Å². The van der Waals surface area contributed by atoms with Gasteiger partial charge in [0.05, 0.1) is 5.75 Å². The highest BCUT2D eigenvalue weighted by Crippen LogP contribution is 2.25. The van der Waals surface area contributed by atoms with Gasteiger partial charge in [-0.25, -0.2) is 13.1 Å². The van der Waals surface area contributed by atoms with Crippen LogP contribution in [-0.4, -0.2) is 33.3 Å². The first-order chi connectivity index (χ1) is 9.16. The summed E-state index contributed by atoms with van der Waals surface area (Å²) in [7, 11) is -3.05. The van der Waals surface area contributed by atoms with Crippen LogP contribution in [0, 0.1) is 5.92 Å². The second kappa shape index (κ2) is 7.60. The van der Waals surface area contributed by atoms with E-state index in [9.17, 15) is 8.42 Å². The fourth-order valence-corrected chi connectivity index (χ4v) is 3.92. The van der Waals surface area contributed by atoms with Crippen molar-refractivity contribution in [1.82, 2.24) is 10.0 Å². The molecular weight excluding hydrogens is 260 g/mol. The van der Waals surface area contributed by atoms with E-state index in [-0.39, 0.29) is 5.75 Å². The van der Waals surface area contributed by atoms with E-state index in [0.29, 0.717) is 12.6 Å². The Balaban J connectivity index is 1.51. The molecule has 0 amide bonds. The highest BCUT2D eigenvalue weighted by Gasteiger charge is 2.20. The van der Waals surface area contributed by atoms with Crippen molar-refractivity contribution in [2.24, 2.45) is 5.92 Å². The summed E-state index contributed by atoms with van der Waals surface area (Å²) >= 11 is 0. The normalized spacial score (nSPS) is 21.7. The molecule has 0 atom stereocenters. The Bertz CT molecular complexity index is 346. The number of nitrogens with one attached hydrogen (secondary N) is 2. The van der Waals surface area contributed by atoms with E-state index in [2.05, 4.69) is 10.0 Å². The molecule has 0 aromatic carbocycles. The summed E-state index contributed by atoms with van der Waals surface area (Å²) in [6.45, 7) is 1.46. The minimum atomic E-state index is -3.05. The van der Waals surface area contributed by atoms with Crippen molar-refractivity contribution >= 4 is 10.0 Å². The monoisotopic (exact) mass is 288 g/mol. The summed E-state index contributed by atoms with van der Waals surface area (Å²) in [6.07, 6.45) is 10.8. The first-order valence-corrected chi connectivity index (χ1v) is 9.52. The van der Waals surface area contributed by atoms with Crippen LogP contribution in [0.4, 0.5) is 0 Å². The molecule has 0 aromatic rings. The Morgan fingerprint density at radius 3 is 2.37 bits per heavy atom. The molecule has 2 rings (SSSR count). The van der Waals surface area contributed by atoms with E-state index in [1.165, 1.54) is 44.9 Å². The van der Waals surface area contributed by atoms with Crippen molar-refractivity contribution in [1.29, 1.82) is 0 Å². The molecular formula is C14H28N2O2S. The first kappa shape index (κ1) is 15.3. The van der Waals surface area contributed by atoms with Gasteiger partial charge in [-0.2, -0.15) is 0 Å². The molecule has 4 nitrogen and oxygen atoms in total. The van der Waals surface area contributed by atoms with Crippen LogP contribution in [0.15, 0.2) is 0 Å². The summed E-state index contributed by atoms with van der Waals surface area (Å²) in [5, 5.41) is 3.34. The molecule has 0 radical (unpaired) electrons. The zero-order valence-corrected chi connectivity index (χ0v) is 12.7. The summed E-state index contributed by atoms with van der Waals surface area (Å²) in [6, 6.07) is 0.668. The fourth-order valence-electron chi connectivity index (χ4n) is 2.82. The molecule has 2 fully saturated rings. The van der Waals surface area contributed by atoms with Gasteiger partial charge in [0.1, 0.15) is 0 Å². The van der Waals surface area contributed by atoms with E-state index in [1.54, 1.807) is 0 Å². The van der Waals surface area contributed by atoms with Crippen molar-refractivity contribution in [3.8, 4) is 0 Å². The molecule has 19 heavy (non-hydrogen) atoms. The van der Waals surface area contributed by atoms with Crippen LogP contribution in [0.25, 0.3) is 0 Å². The molecule has 0 aliphatic heterocycles. The summed E-state index contributed by atoms with van der Waals surface area (Å²) in [5.74, 6) is 1.00. The van der Waals surface area contributed by atoms with Crippen molar-refractivity contribution in [2.75, 3.05) is 18.8 Å². The lowest BCUT2D eigenvalue weighted by molar-refractivity contribution is 0.339. The minimum absolute atomic E-state index is 0.261. The van der Waals surface area contributed by atoms with E-state index >= 15 is 0 Å². The van der Waals surface area contributed by atoms with Crippen molar-refractivity contribution < 1.29 is 8.42 Å². The lowest BCUT2D eigenvalue weighted by Crippen LogP contribution is -2.30. The third-order valence-electron chi connectivity index (χ3n) is 4.20. The molecule has 2 aliphatic rings. The zero-order chi connectivity index (χ0) is 13.6. The van der Waals surface area contributed by atoms with Crippen molar-refractivity contribution in [3.05, 3.63) is 0 Å².